The van der Waals surface area contributed by atoms with E-state index in [0.29, 0.717) is 38.0 Å². The van der Waals surface area contributed by atoms with E-state index in [-0.39, 0.29) is 11.4 Å². The first-order chi connectivity index (χ1) is 9.79. The molecule has 0 aliphatic carbocycles. The van der Waals surface area contributed by atoms with Crippen molar-refractivity contribution in [2.75, 3.05) is 19.8 Å². The van der Waals surface area contributed by atoms with Crippen LogP contribution in [0.1, 0.15) is 40.2 Å². The van der Waals surface area contributed by atoms with Crippen LogP contribution in [-0.4, -0.2) is 25.4 Å². The molecule has 0 saturated heterocycles. The smallest absolute Gasteiger partial charge is 0.165 e. The van der Waals surface area contributed by atoms with Gasteiger partial charge in [-0.25, -0.2) is 4.39 Å². The van der Waals surface area contributed by atoms with E-state index >= 15 is 0 Å². The maximum absolute atomic E-state index is 13.9. The van der Waals surface area contributed by atoms with E-state index in [1.54, 1.807) is 6.07 Å². The molecule has 3 nitrogen and oxygen atoms in total. The zero-order chi connectivity index (χ0) is 15.9. The van der Waals surface area contributed by atoms with Gasteiger partial charge in [0.1, 0.15) is 6.61 Å². The molecule has 1 aromatic carbocycles. The maximum Gasteiger partial charge on any atom is 0.165 e. The summed E-state index contributed by atoms with van der Waals surface area (Å²) in [5.74, 6) is 0.486. The predicted molar refractivity (Wildman–Crippen MR) is 84.1 cm³/mol. The molecule has 0 aliphatic heterocycles. The Labute approximate surface area is 127 Å². The minimum atomic E-state index is -0.327. The molecule has 1 N–H and O–H groups in total. The Morgan fingerprint density at radius 3 is 2.52 bits per heavy atom. The van der Waals surface area contributed by atoms with Gasteiger partial charge in [-0.2, -0.15) is 0 Å². The molecule has 4 heteroatoms. The molecule has 0 aromatic heterocycles. The van der Waals surface area contributed by atoms with E-state index in [2.05, 4.69) is 39.9 Å². The second-order valence-electron chi connectivity index (χ2n) is 6.65. The summed E-state index contributed by atoms with van der Waals surface area (Å²) in [5, 5.41) is 3.34. The van der Waals surface area contributed by atoms with Crippen molar-refractivity contribution in [1.82, 2.24) is 5.32 Å². The zero-order valence-corrected chi connectivity index (χ0v) is 13.8. The first-order valence-corrected chi connectivity index (χ1v) is 7.52. The van der Waals surface area contributed by atoms with Crippen molar-refractivity contribution < 1.29 is 13.9 Å². The fourth-order valence-corrected chi connectivity index (χ4v) is 1.74. The zero-order valence-electron chi connectivity index (χ0n) is 13.8. The summed E-state index contributed by atoms with van der Waals surface area (Å²) in [4.78, 5) is 0. The van der Waals surface area contributed by atoms with E-state index in [1.165, 1.54) is 6.07 Å². The van der Waals surface area contributed by atoms with Crippen LogP contribution >= 0.6 is 0 Å². The molecule has 0 fully saturated rings. The summed E-state index contributed by atoms with van der Waals surface area (Å²) in [6.07, 6.45) is 0. The molecule has 0 unspecified atom stereocenters. The molecule has 0 aliphatic rings. The lowest BCUT2D eigenvalue weighted by atomic mass is 10.1. The van der Waals surface area contributed by atoms with Crippen molar-refractivity contribution in [3.63, 3.8) is 0 Å². The fourth-order valence-electron chi connectivity index (χ4n) is 1.74. The highest BCUT2D eigenvalue weighted by Gasteiger charge is 2.13. The first kappa shape index (κ1) is 17.9. The van der Waals surface area contributed by atoms with Crippen LogP contribution in [0.2, 0.25) is 0 Å². The van der Waals surface area contributed by atoms with E-state index in [9.17, 15) is 4.39 Å². The van der Waals surface area contributed by atoms with Crippen molar-refractivity contribution in [2.45, 2.75) is 46.7 Å². The minimum absolute atomic E-state index is 0.0238. The lowest BCUT2D eigenvalue weighted by Gasteiger charge is -2.22. The van der Waals surface area contributed by atoms with Crippen LogP contribution in [-0.2, 0) is 11.3 Å². The van der Waals surface area contributed by atoms with Gasteiger partial charge in [0, 0.05) is 24.3 Å². The third kappa shape index (κ3) is 7.44. The molecule has 0 radical (unpaired) electrons. The van der Waals surface area contributed by atoms with Gasteiger partial charge in [-0.1, -0.05) is 26.0 Å². The van der Waals surface area contributed by atoms with Crippen LogP contribution in [0.4, 0.5) is 4.39 Å². The minimum Gasteiger partial charge on any atom is -0.488 e. The van der Waals surface area contributed by atoms with E-state index in [1.807, 2.05) is 6.07 Å². The Kier molecular flexibility index (Phi) is 7.12. The molecule has 0 atom stereocenters. The summed E-state index contributed by atoms with van der Waals surface area (Å²) in [6.45, 7) is 12.5. The number of para-hydroxylation sites is 1. The van der Waals surface area contributed by atoms with Gasteiger partial charge in [0.25, 0.3) is 0 Å². The quantitative estimate of drug-likeness (QED) is 0.741. The van der Waals surface area contributed by atoms with Crippen molar-refractivity contribution >= 4 is 0 Å². The molecule has 0 spiro atoms. The average Bonchev–Trinajstić information content (AvgIpc) is 2.36. The molecule has 1 aromatic rings. The third-order valence-electron chi connectivity index (χ3n) is 2.78. The Morgan fingerprint density at radius 1 is 1.19 bits per heavy atom. The number of hydrogen-bond donors (Lipinski definition) is 1. The van der Waals surface area contributed by atoms with Crippen LogP contribution in [0.5, 0.6) is 5.75 Å². The second-order valence-corrected chi connectivity index (χ2v) is 6.65. The first-order valence-electron chi connectivity index (χ1n) is 7.52. The van der Waals surface area contributed by atoms with Gasteiger partial charge in [0.15, 0.2) is 11.6 Å². The van der Waals surface area contributed by atoms with Crippen LogP contribution in [0.3, 0.4) is 0 Å². The SMILES string of the molecule is CC(C)COCCOc1c(F)cccc1CNC(C)(C)C. The van der Waals surface area contributed by atoms with E-state index in [0.717, 1.165) is 5.56 Å². The largest absolute Gasteiger partial charge is 0.488 e. The van der Waals surface area contributed by atoms with Gasteiger partial charge >= 0.3 is 0 Å². The van der Waals surface area contributed by atoms with Gasteiger partial charge in [0.05, 0.1) is 6.61 Å². The summed E-state index contributed by atoms with van der Waals surface area (Å²) in [5.41, 5.74) is 0.804. The number of nitrogens with one attached hydrogen (secondary N) is 1. The number of hydrogen-bond acceptors (Lipinski definition) is 3. The number of rotatable bonds is 8. The predicted octanol–water partition coefficient (Wildman–Crippen LogP) is 3.77. The average molecular weight is 297 g/mol. The van der Waals surface area contributed by atoms with Crippen LogP contribution < -0.4 is 10.1 Å². The van der Waals surface area contributed by atoms with Crippen molar-refractivity contribution in [3.05, 3.63) is 29.6 Å². The van der Waals surface area contributed by atoms with Crippen LogP contribution in [0, 0.1) is 11.7 Å². The second kappa shape index (κ2) is 8.35. The van der Waals surface area contributed by atoms with Crippen LogP contribution in [0.25, 0.3) is 0 Å². The van der Waals surface area contributed by atoms with E-state index < -0.39 is 0 Å². The van der Waals surface area contributed by atoms with Crippen molar-refractivity contribution in [3.8, 4) is 5.75 Å². The standard InChI is InChI=1S/C17H28FNO2/c1-13(2)12-20-9-10-21-16-14(7-6-8-15(16)18)11-19-17(3,4)5/h6-8,13,19H,9-12H2,1-5H3. The lowest BCUT2D eigenvalue weighted by molar-refractivity contribution is 0.0804. The monoisotopic (exact) mass is 297 g/mol. The number of ether oxygens (including phenoxy) is 2. The summed E-state index contributed by atoms with van der Waals surface area (Å²) < 4.78 is 24.9. The molecular weight excluding hydrogens is 269 g/mol. The normalized spacial score (nSPS) is 12.0. The topological polar surface area (TPSA) is 30.5 Å². The van der Waals surface area contributed by atoms with Gasteiger partial charge < -0.3 is 14.8 Å². The van der Waals surface area contributed by atoms with Gasteiger partial charge in [-0.3, -0.25) is 0 Å². The number of halogens is 1. The van der Waals surface area contributed by atoms with Gasteiger partial charge in [0.2, 0.25) is 0 Å². The molecular formula is C17H28FNO2. The highest BCUT2D eigenvalue weighted by Crippen LogP contribution is 2.23. The Hall–Kier alpha value is -1.13. The van der Waals surface area contributed by atoms with E-state index in [4.69, 9.17) is 9.47 Å². The van der Waals surface area contributed by atoms with Crippen LogP contribution in [0.15, 0.2) is 18.2 Å². The lowest BCUT2D eigenvalue weighted by Crippen LogP contribution is -2.35. The highest BCUT2D eigenvalue weighted by atomic mass is 19.1. The Balaban J connectivity index is 2.55. The Morgan fingerprint density at radius 2 is 1.90 bits per heavy atom. The van der Waals surface area contributed by atoms with Crippen molar-refractivity contribution in [1.29, 1.82) is 0 Å². The van der Waals surface area contributed by atoms with Gasteiger partial charge in [-0.05, 0) is 32.8 Å². The fraction of sp³-hybridized carbons (Fsp3) is 0.647. The highest BCUT2D eigenvalue weighted by molar-refractivity contribution is 5.35. The summed E-state index contributed by atoms with van der Waals surface area (Å²) >= 11 is 0. The molecule has 0 amide bonds. The molecule has 1 rings (SSSR count). The van der Waals surface area contributed by atoms with Gasteiger partial charge in [-0.15, -0.1) is 0 Å². The molecule has 0 bridgehead atoms. The molecule has 0 heterocycles. The van der Waals surface area contributed by atoms with Crippen molar-refractivity contribution in [2.24, 2.45) is 5.92 Å². The molecule has 21 heavy (non-hydrogen) atoms. The summed E-state index contributed by atoms with van der Waals surface area (Å²) in [6, 6.07) is 5.01. The molecule has 120 valence electrons. The molecule has 0 saturated carbocycles. The maximum atomic E-state index is 13.9. The Bertz CT molecular complexity index is 427. The number of benzene rings is 1. The third-order valence-corrected chi connectivity index (χ3v) is 2.78. The summed E-state index contributed by atoms with van der Waals surface area (Å²) in [7, 11) is 0.